The number of rotatable bonds is 3. The summed E-state index contributed by atoms with van der Waals surface area (Å²) < 4.78 is 0. The Kier molecular flexibility index (Phi) is 4.77. The van der Waals surface area contributed by atoms with Gasteiger partial charge in [0.05, 0.1) is 12.9 Å². The van der Waals surface area contributed by atoms with E-state index >= 15 is 0 Å². The van der Waals surface area contributed by atoms with Gasteiger partial charge in [0.25, 0.3) is 0 Å². The fourth-order valence-corrected chi connectivity index (χ4v) is 1.13. The van der Waals surface area contributed by atoms with Gasteiger partial charge in [-0.3, -0.25) is 0 Å². The van der Waals surface area contributed by atoms with Crippen molar-refractivity contribution in [3.63, 3.8) is 0 Å². The Balaban J connectivity index is 3.58. The summed E-state index contributed by atoms with van der Waals surface area (Å²) in [6, 6.07) is 0. The zero-order valence-corrected chi connectivity index (χ0v) is 6.96. The number of hydrogen-bond donors (Lipinski definition) is 1. The monoisotopic (exact) mass is 141 g/mol. The number of thioether (sulfide) groups is 1. The second kappa shape index (κ2) is 4.80. The molecule has 0 heterocycles. The van der Waals surface area contributed by atoms with Crippen molar-refractivity contribution in [1.82, 2.24) is 5.32 Å². The summed E-state index contributed by atoms with van der Waals surface area (Å²) in [7, 11) is 7.42. The molecule has 0 amide bonds. The van der Waals surface area contributed by atoms with Crippen molar-refractivity contribution in [3.05, 3.63) is 11.1 Å². The van der Waals surface area contributed by atoms with E-state index in [0.717, 1.165) is 5.03 Å². The zero-order valence-electron chi connectivity index (χ0n) is 6.14. The van der Waals surface area contributed by atoms with Crippen LogP contribution in [0.5, 0.6) is 0 Å². The van der Waals surface area contributed by atoms with Crippen LogP contribution in [0.25, 0.3) is 0 Å². The lowest BCUT2D eigenvalue weighted by Gasteiger charge is -2.07. The summed E-state index contributed by atoms with van der Waals surface area (Å²) in [6.45, 7) is 3.95. The van der Waals surface area contributed by atoms with Crippen LogP contribution in [0.3, 0.4) is 0 Å². The maximum absolute atomic E-state index is 5.53. The Morgan fingerprint density at radius 2 is 2.33 bits per heavy atom. The van der Waals surface area contributed by atoms with Crippen LogP contribution >= 0.6 is 11.8 Å². The van der Waals surface area contributed by atoms with Gasteiger partial charge in [-0.15, -0.1) is 11.8 Å². The first kappa shape index (κ1) is 8.95. The second-order valence-electron chi connectivity index (χ2n) is 1.73. The SMILES string of the molecule is [B]C(C)S/C(=C\C)NC. The molecule has 0 fully saturated rings. The molecule has 2 radical (unpaired) electrons. The van der Waals surface area contributed by atoms with Crippen LogP contribution in [-0.2, 0) is 0 Å². The van der Waals surface area contributed by atoms with E-state index in [2.05, 4.69) is 5.32 Å². The molecule has 9 heavy (non-hydrogen) atoms. The third-order valence-electron chi connectivity index (χ3n) is 0.821. The Labute approximate surface area is 62.7 Å². The predicted molar refractivity (Wildman–Crippen MR) is 45.6 cm³/mol. The second-order valence-corrected chi connectivity index (χ2v) is 3.14. The minimum absolute atomic E-state index is 0.170. The molecule has 0 spiro atoms. The minimum Gasteiger partial charge on any atom is -0.383 e. The van der Waals surface area contributed by atoms with E-state index in [4.69, 9.17) is 7.85 Å². The molecule has 50 valence electrons. The van der Waals surface area contributed by atoms with Gasteiger partial charge >= 0.3 is 0 Å². The quantitative estimate of drug-likeness (QED) is 0.594. The molecular formula is C6H12BNS. The van der Waals surface area contributed by atoms with Crippen molar-refractivity contribution >= 4 is 19.6 Å². The van der Waals surface area contributed by atoms with E-state index in [1.165, 1.54) is 0 Å². The summed E-state index contributed by atoms with van der Waals surface area (Å²) in [4.78, 5) is 0. The molecule has 0 aromatic carbocycles. The highest BCUT2D eigenvalue weighted by atomic mass is 32.2. The molecule has 3 heteroatoms. The van der Waals surface area contributed by atoms with Crippen molar-refractivity contribution in [2.24, 2.45) is 0 Å². The average Bonchev–Trinajstić information content (AvgIpc) is 1.82. The molecule has 0 saturated carbocycles. The van der Waals surface area contributed by atoms with Gasteiger partial charge in [0.1, 0.15) is 0 Å². The fourth-order valence-electron chi connectivity index (χ4n) is 0.472. The normalized spacial score (nSPS) is 15.2. The molecule has 0 aliphatic heterocycles. The van der Waals surface area contributed by atoms with Crippen LogP contribution < -0.4 is 5.32 Å². The van der Waals surface area contributed by atoms with Crippen LogP contribution in [0.1, 0.15) is 13.8 Å². The van der Waals surface area contributed by atoms with E-state index in [-0.39, 0.29) is 5.15 Å². The van der Waals surface area contributed by atoms with Crippen LogP contribution in [0.4, 0.5) is 0 Å². The molecule has 0 saturated heterocycles. The van der Waals surface area contributed by atoms with Crippen LogP contribution in [0, 0.1) is 0 Å². The predicted octanol–water partition coefficient (Wildman–Crippen LogP) is 1.31. The summed E-state index contributed by atoms with van der Waals surface area (Å²) >= 11 is 1.63. The van der Waals surface area contributed by atoms with Crippen molar-refractivity contribution in [2.75, 3.05) is 7.05 Å². The highest BCUT2D eigenvalue weighted by molar-refractivity contribution is 8.04. The Hall–Kier alpha value is -0.0451. The van der Waals surface area contributed by atoms with Crippen LogP contribution in [-0.4, -0.2) is 20.0 Å². The van der Waals surface area contributed by atoms with Crippen molar-refractivity contribution in [1.29, 1.82) is 0 Å². The lowest BCUT2D eigenvalue weighted by atomic mass is 10.1. The van der Waals surface area contributed by atoms with E-state index in [1.54, 1.807) is 11.8 Å². The first-order valence-electron chi connectivity index (χ1n) is 2.97. The van der Waals surface area contributed by atoms with Gasteiger partial charge in [-0.25, -0.2) is 0 Å². The van der Waals surface area contributed by atoms with Crippen LogP contribution in [0.2, 0.25) is 0 Å². The summed E-state index contributed by atoms with van der Waals surface area (Å²) in [6.07, 6.45) is 2.01. The third kappa shape index (κ3) is 4.46. The first-order valence-corrected chi connectivity index (χ1v) is 3.85. The molecule has 0 aromatic rings. The van der Waals surface area contributed by atoms with Gasteiger partial charge < -0.3 is 5.32 Å². The Morgan fingerprint density at radius 1 is 1.78 bits per heavy atom. The lowest BCUT2D eigenvalue weighted by Crippen LogP contribution is -2.06. The Bertz CT molecular complexity index is 101. The molecule has 1 N–H and O–H groups in total. The van der Waals surface area contributed by atoms with E-state index in [1.807, 2.05) is 27.0 Å². The topological polar surface area (TPSA) is 12.0 Å². The fraction of sp³-hybridized carbons (Fsp3) is 0.667. The smallest absolute Gasteiger partial charge is 0.0848 e. The zero-order chi connectivity index (χ0) is 7.28. The highest BCUT2D eigenvalue weighted by Crippen LogP contribution is 2.15. The molecule has 0 aliphatic carbocycles. The number of nitrogens with one attached hydrogen (secondary N) is 1. The molecule has 0 rings (SSSR count). The maximum atomic E-state index is 5.53. The summed E-state index contributed by atoms with van der Waals surface area (Å²) in [5.74, 6) is 0. The van der Waals surface area contributed by atoms with Gasteiger partial charge in [-0.2, -0.15) is 0 Å². The maximum Gasteiger partial charge on any atom is 0.0848 e. The van der Waals surface area contributed by atoms with E-state index < -0.39 is 0 Å². The number of allylic oxidation sites excluding steroid dienone is 1. The average molecular weight is 141 g/mol. The minimum atomic E-state index is 0.170. The van der Waals surface area contributed by atoms with Crippen LogP contribution in [0.15, 0.2) is 11.1 Å². The van der Waals surface area contributed by atoms with Gasteiger partial charge in [0.2, 0.25) is 0 Å². The van der Waals surface area contributed by atoms with Gasteiger partial charge in [0, 0.05) is 7.05 Å². The standard InChI is InChI=1S/C6H12BNS/c1-4-6(8-3)9-5(2)7/h4-5,8H,1-3H3/b6-4-. The molecule has 0 aromatic heterocycles. The van der Waals surface area contributed by atoms with E-state index in [9.17, 15) is 0 Å². The first-order chi connectivity index (χ1) is 4.20. The number of hydrogen-bond acceptors (Lipinski definition) is 2. The van der Waals surface area contributed by atoms with E-state index in [0.29, 0.717) is 0 Å². The lowest BCUT2D eigenvalue weighted by molar-refractivity contribution is 1.07. The molecule has 1 unspecified atom stereocenters. The highest BCUT2D eigenvalue weighted by Gasteiger charge is 1.95. The van der Waals surface area contributed by atoms with Gasteiger partial charge in [-0.05, 0) is 12.1 Å². The molecule has 0 aliphatic rings. The van der Waals surface area contributed by atoms with Gasteiger partial charge in [0.15, 0.2) is 0 Å². The summed E-state index contributed by atoms with van der Waals surface area (Å²) in [5.41, 5.74) is 0. The summed E-state index contributed by atoms with van der Waals surface area (Å²) in [5, 5.41) is 4.33. The van der Waals surface area contributed by atoms with Crippen molar-refractivity contribution in [2.45, 2.75) is 19.0 Å². The molecule has 1 nitrogen and oxygen atoms in total. The third-order valence-corrected chi connectivity index (χ3v) is 1.89. The molecule has 0 bridgehead atoms. The molecule has 1 atom stereocenters. The van der Waals surface area contributed by atoms with Crippen molar-refractivity contribution in [3.8, 4) is 0 Å². The molecular weight excluding hydrogens is 129 g/mol. The largest absolute Gasteiger partial charge is 0.383 e. The van der Waals surface area contributed by atoms with Crippen molar-refractivity contribution < 1.29 is 0 Å². The Morgan fingerprint density at radius 3 is 2.44 bits per heavy atom. The van der Waals surface area contributed by atoms with Gasteiger partial charge in [-0.1, -0.05) is 13.0 Å².